The van der Waals surface area contributed by atoms with Crippen LogP contribution >= 0.6 is 15.9 Å². The van der Waals surface area contributed by atoms with Crippen molar-refractivity contribution >= 4 is 27.5 Å². The summed E-state index contributed by atoms with van der Waals surface area (Å²) in [6, 6.07) is 3.83. The molecular formula is C14H16BrN3O2. The van der Waals surface area contributed by atoms with Crippen LogP contribution in [0.3, 0.4) is 0 Å². The molecule has 1 N–H and O–H groups in total. The second-order valence-electron chi connectivity index (χ2n) is 5.65. The van der Waals surface area contributed by atoms with Gasteiger partial charge >= 0.3 is 5.97 Å². The highest BCUT2D eigenvalue weighted by atomic mass is 79.9. The van der Waals surface area contributed by atoms with E-state index in [2.05, 4.69) is 26.1 Å². The second-order valence-corrected chi connectivity index (χ2v) is 6.56. The standard InChI is InChI=1S/C14H16BrN3O2/c15-10-3-4-11-16-17-12(18(11)9-10)7-14(8-13(19)20)5-1-2-6-14/h3-4,9H,1-2,5-8H2,(H,19,20). The summed E-state index contributed by atoms with van der Waals surface area (Å²) in [6.07, 6.45) is 6.97. The number of aliphatic carboxylic acids is 1. The lowest BCUT2D eigenvalue weighted by Crippen LogP contribution is -2.24. The average Bonchev–Trinajstić information content (AvgIpc) is 2.97. The number of halogens is 1. The molecule has 2 aromatic rings. The average molecular weight is 338 g/mol. The molecule has 0 radical (unpaired) electrons. The first-order valence-corrected chi connectivity index (χ1v) is 7.58. The van der Waals surface area contributed by atoms with Crippen LogP contribution in [-0.4, -0.2) is 25.7 Å². The molecule has 0 aliphatic heterocycles. The van der Waals surface area contributed by atoms with Crippen molar-refractivity contribution in [1.29, 1.82) is 0 Å². The summed E-state index contributed by atoms with van der Waals surface area (Å²) in [5, 5.41) is 17.6. The number of fused-ring (bicyclic) bond motifs is 1. The molecule has 1 fully saturated rings. The van der Waals surface area contributed by atoms with Crippen LogP contribution in [0.15, 0.2) is 22.8 Å². The number of aromatic nitrogens is 3. The Morgan fingerprint density at radius 2 is 2.10 bits per heavy atom. The molecule has 20 heavy (non-hydrogen) atoms. The lowest BCUT2D eigenvalue weighted by atomic mass is 9.79. The number of nitrogens with zero attached hydrogens (tertiary/aromatic N) is 3. The van der Waals surface area contributed by atoms with Crippen molar-refractivity contribution in [2.24, 2.45) is 5.41 Å². The first kappa shape index (κ1) is 13.5. The van der Waals surface area contributed by atoms with Gasteiger partial charge in [-0.15, -0.1) is 10.2 Å². The smallest absolute Gasteiger partial charge is 0.303 e. The van der Waals surface area contributed by atoms with E-state index in [1.54, 1.807) is 0 Å². The van der Waals surface area contributed by atoms with Gasteiger partial charge in [0.15, 0.2) is 5.65 Å². The summed E-state index contributed by atoms with van der Waals surface area (Å²) in [5.41, 5.74) is 0.642. The van der Waals surface area contributed by atoms with Crippen molar-refractivity contribution in [3.8, 4) is 0 Å². The molecule has 0 amide bonds. The topological polar surface area (TPSA) is 67.5 Å². The predicted octanol–water partition coefficient (Wildman–Crippen LogP) is 3.07. The molecule has 2 heterocycles. The summed E-state index contributed by atoms with van der Waals surface area (Å²) in [4.78, 5) is 11.2. The van der Waals surface area contributed by atoms with Gasteiger partial charge < -0.3 is 5.11 Å². The van der Waals surface area contributed by atoms with Crippen LogP contribution in [0.5, 0.6) is 0 Å². The summed E-state index contributed by atoms with van der Waals surface area (Å²) < 4.78 is 2.91. The van der Waals surface area contributed by atoms with Crippen molar-refractivity contribution in [3.05, 3.63) is 28.6 Å². The molecule has 5 nitrogen and oxygen atoms in total. The zero-order valence-electron chi connectivity index (χ0n) is 11.0. The first-order valence-electron chi connectivity index (χ1n) is 6.79. The van der Waals surface area contributed by atoms with E-state index in [4.69, 9.17) is 0 Å². The van der Waals surface area contributed by atoms with Crippen LogP contribution in [0, 0.1) is 5.41 Å². The minimum atomic E-state index is -0.720. The van der Waals surface area contributed by atoms with Crippen LogP contribution in [0.2, 0.25) is 0 Å². The highest BCUT2D eigenvalue weighted by molar-refractivity contribution is 9.10. The molecule has 2 aromatic heterocycles. The van der Waals surface area contributed by atoms with Gasteiger partial charge in [-0.3, -0.25) is 9.20 Å². The Kier molecular flexibility index (Phi) is 3.50. The maximum atomic E-state index is 11.2. The van der Waals surface area contributed by atoms with Gasteiger partial charge in [-0.2, -0.15) is 0 Å². The van der Waals surface area contributed by atoms with Crippen molar-refractivity contribution in [1.82, 2.24) is 14.6 Å². The SMILES string of the molecule is O=C(O)CC1(Cc2nnc3ccc(Br)cn23)CCCC1. The van der Waals surface area contributed by atoms with Crippen LogP contribution in [0.1, 0.15) is 37.9 Å². The van der Waals surface area contributed by atoms with Gasteiger partial charge in [-0.1, -0.05) is 12.8 Å². The lowest BCUT2D eigenvalue weighted by Gasteiger charge is -2.26. The van der Waals surface area contributed by atoms with E-state index < -0.39 is 5.97 Å². The molecule has 1 aliphatic carbocycles. The van der Waals surface area contributed by atoms with E-state index in [1.807, 2.05) is 22.7 Å². The molecule has 0 unspecified atom stereocenters. The fraction of sp³-hybridized carbons (Fsp3) is 0.500. The summed E-state index contributed by atoms with van der Waals surface area (Å²) in [6.45, 7) is 0. The molecule has 0 atom stereocenters. The van der Waals surface area contributed by atoms with Gasteiger partial charge in [0.1, 0.15) is 5.82 Å². The Bertz CT molecular complexity index is 647. The molecule has 1 saturated carbocycles. The molecule has 1 aliphatic rings. The minimum absolute atomic E-state index is 0.156. The third-order valence-electron chi connectivity index (χ3n) is 4.16. The number of carboxylic acid groups (broad SMARTS) is 1. The molecule has 0 spiro atoms. The maximum absolute atomic E-state index is 11.2. The minimum Gasteiger partial charge on any atom is -0.481 e. The van der Waals surface area contributed by atoms with Crippen LogP contribution in [0.25, 0.3) is 5.65 Å². The Labute approximate surface area is 125 Å². The quantitative estimate of drug-likeness (QED) is 0.930. The second kappa shape index (κ2) is 5.16. The van der Waals surface area contributed by atoms with Gasteiger partial charge in [0.05, 0.1) is 6.42 Å². The Morgan fingerprint density at radius 3 is 2.80 bits per heavy atom. The van der Waals surface area contributed by atoms with E-state index in [0.717, 1.165) is 41.6 Å². The largest absolute Gasteiger partial charge is 0.481 e. The van der Waals surface area contributed by atoms with Crippen LogP contribution in [-0.2, 0) is 11.2 Å². The normalized spacial score (nSPS) is 17.6. The number of hydrogen-bond acceptors (Lipinski definition) is 3. The fourth-order valence-corrected chi connectivity index (χ4v) is 3.57. The van der Waals surface area contributed by atoms with E-state index in [9.17, 15) is 9.90 Å². The van der Waals surface area contributed by atoms with Gasteiger partial charge in [0.25, 0.3) is 0 Å². The van der Waals surface area contributed by atoms with E-state index in [-0.39, 0.29) is 11.8 Å². The summed E-state index contributed by atoms with van der Waals surface area (Å²) in [5.74, 6) is 0.131. The number of pyridine rings is 1. The molecule has 0 saturated heterocycles. The van der Waals surface area contributed by atoms with Gasteiger partial charge in [0, 0.05) is 17.1 Å². The van der Waals surface area contributed by atoms with E-state index in [1.165, 1.54) is 0 Å². The molecule has 6 heteroatoms. The summed E-state index contributed by atoms with van der Waals surface area (Å²) in [7, 11) is 0. The monoisotopic (exact) mass is 337 g/mol. The summed E-state index contributed by atoms with van der Waals surface area (Å²) >= 11 is 3.45. The fourth-order valence-electron chi connectivity index (χ4n) is 3.23. The molecule has 106 valence electrons. The Morgan fingerprint density at radius 1 is 1.35 bits per heavy atom. The zero-order chi connectivity index (χ0) is 14.2. The van der Waals surface area contributed by atoms with Gasteiger partial charge in [-0.05, 0) is 46.3 Å². The third kappa shape index (κ3) is 2.57. The highest BCUT2D eigenvalue weighted by Gasteiger charge is 2.37. The van der Waals surface area contributed by atoms with Crippen molar-refractivity contribution in [3.63, 3.8) is 0 Å². The Hall–Kier alpha value is -1.43. The van der Waals surface area contributed by atoms with Gasteiger partial charge in [-0.25, -0.2) is 0 Å². The van der Waals surface area contributed by atoms with E-state index >= 15 is 0 Å². The molecule has 0 bridgehead atoms. The molecule has 0 aromatic carbocycles. The van der Waals surface area contributed by atoms with Crippen LogP contribution < -0.4 is 0 Å². The number of rotatable bonds is 4. The van der Waals surface area contributed by atoms with Gasteiger partial charge in [0.2, 0.25) is 0 Å². The van der Waals surface area contributed by atoms with Crippen LogP contribution in [0.4, 0.5) is 0 Å². The van der Waals surface area contributed by atoms with E-state index in [0.29, 0.717) is 6.42 Å². The number of carbonyl (C=O) groups is 1. The molecular weight excluding hydrogens is 322 g/mol. The maximum Gasteiger partial charge on any atom is 0.303 e. The molecule has 3 rings (SSSR count). The number of carboxylic acids is 1. The zero-order valence-corrected chi connectivity index (χ0v) is 12.6. The first-order chi connectivity index (χ1) is 9.58. The Balaban J connectivity index is 1.94. The number of hydrogen-bond donors (Lipinski definition) is 1. The van der Waals surface area contributed by atoms with Crippen molar-refractivity contribution in [2.75, 3.05) is 0 Å². The van der Waals surface area contributed by atoms with Crippen molar-refractivity contribution < 1.29 is 9.90 Å². The third-order valence-corrected chi connectivity index (χ3v) is 4.63. The lowest BCUT2D eigenvalue weighted by molar-refractivity contribution is -0.139. The van der Waals surface area contributed by atoms with Crippen molar-refractivity contribution in [2.45, 2.75) is 38.5 Å². The predicted molar refractivity (Wildman–Crippen MR) is 77.5 cm³/mol. The highest BCUT2D eigenvalue weighted by Crippen LogP contribution is 2.43.